The van der Waals surface area contributed by atoms with Gasteiger partial charge in [-0.1, -0.05) is 17.5 Å². The lowest BCUT2D eigenvalue weighted by Crippen LogP contribution is -1.95. The summed E-state index contributed by atoms with van der Waals surface area (Å²) in [5, 5.41) is 1.67. The molecule has 0 amide bonds. The minimum atomic E-state index is 0.569. The highest BCUT2D eigenvalue weighted by atomic mass is 35.5. The molecule has 2 rings (SSSR count). The molecule has 15 heavy (non-hydrogen) atoms. The molecule has 2 aromatic rings. The van der Waals surface area contributed by atoms with Gasteiger partial charge in [0.15, 0.2) is 5.76 Å². The third kappa shape index (κ3) is 2.33. The number of benzene rings is 1. The van der Waals surface area contributed by atoms with E-state index in [0.29, 0.717) is 23.7 Å². The van der Waals surface area contributed by atoms with Gasteiger partial charge in [0.2, 0.25) is 0 Å². The Balaban J connectivity index is 2.36. The van der Waals surface area contributed by atoms with Crippen LogP contribution in [0.25, 0.3) is 11.0 Å². The molecular weight excluding hydrogens is 210 g/mol. The highest BCUT2D eigenvalue weighted by Crippen LogP contribution is 2.22. The van der Waals surface area contributed by atoms with Crippen molar-refractivity contribution in [3.05, 3.63) is 35.0 Å². The fourth-order valence-electron chi connectivity index (χ4n) is 1.30. The molecular formula is C12H10ClNO. The monoisotopic (exact) mass is 219 g/mol. The van der Waals surface area contributed by atoms with Gasteiger partial charge in [-0.05, 0) is 24.1 Å². The minimum Gasteiger partial charge on any atom is -0.448 e. The van der Waals surface area contributed by atoms with E-state index < -0.39 is 0 Å². The molecule has 1 heterocycles. The third-order valence-corrected chi connectivity index (χ3v) is 2.19. The van der Waals surface area contributed by atoms with Gasteiger partial charge in [0.05, 0.1) is 0 Å². The van der Waals surface area contributed by atoms with Crippen LogP contribution in [0.4, 0.5) is 0 Å². The van der Waals surface area contributed by atoms with Crippen molar-refractivity contribution < 1.29 is 4.42 Å². The van der Waals surface area contributed by atoms with Crippen LogP contribution in [0.15, 0.2) is 28.7 Å². The summed E-state index contributed by atoms with van der Waals surface area (Å²) in [6, 6.07) is 7.37. The van der Waals surface area contributed by atoms with Gasteiger partial charge < -0.3 is 10.2 Å². The summed E-state index contributed by atoms with van der Waals surface area (Å²) >= 11 is 5.86. The number of hydrogen-bond donors (Lipinski definition) is 1. The summed E-state index contributed by atoms with van der Waals surface area (Å²) in [5.74, 6) is 6.49. The number of fused-ring (bicyclic) bond motifs is 1. The molecule has 0 atom stereocenters. The summed E-state index contributed by atoms with van der Waals surface area (Å²) in [4.78, 5) is 0. The minimum absolute atomic E-state index is 0.569. The van der Waals surface area contributed by atoms with Gasteiger partial charge in [-0.2, -0.15) is 0 Å². The summed E-state index contributed by atoms with van der Waals surface area (Å²) in [5.41, 5.74) is 6.14. The normalized spacial score (nSPS) is 10.0. The van der Waals surface area contributed by atoms with Crippen LogP contribution in [0.1, 0.15) is 12.2 Å². The van der Waals surface area contributed by atoms with Crippen LogP contribution < -0.4 is 5.73 Å². The Morgan fingerprint density at radius 2 is 2.20 bits per heavy atom. The molecule has 0 unspecified atom stereocenters. The molecule has 2 nitrogen and oxygen atoms in total. The molecule has 0 aliphatic carbocycles. The summed E-state index contributed by atoms with van der Waals surface area (Å²) in [6.45, 7) is 0.569. The molecule has 2 N–H and O–H groups in total. The molecule has 0 spiro atoms. The maximum atomic E-state index is 5.86. The van der Waals surface area contributed by atoms with Crippen LogP contribution in [0.5, 0.6) is 0 Å². The molecule has 0 saturated carbocycles. The highest BCUT2D eigenvalue weighted by molar-refractivity contribution is 6.31. The summed E-state index contributed by atoms with van der Waals surface area (Å²) < 4.78 is 5.50. The van der Waals surface area contributed by atoms with Gasteiger partial charge in [-0.25, -0.2) is 0 Å². The lowest BCUT2D eigenvalue weighted by molar-refractivity contribution is 0.601. The smallest absolute Gasteiger partial charge is 0.178 e. The van der Waals surface area contributed by atoms with Crippen LogP contribution in [0, 0.1) is 11.8 Å². The van der Waals surface area contributed by atoms with Gasteiger partial charge >= 0.3 is 0 Å². The lowest BCUT2D eigenvalue weighted by Gasteiger charge is -1.87. The van der Waals surface area contributed by atoms with Crippen LogP contribution in [-0.4, -0.2) is 6.54 Å². The molecule has 0 radical (unpaired) electrons. The van der Waals surface area contributed by atoms with E-state index in [0.717, 1.165) is 11.0 Å². The third-order valence-electron chi connectivity index (χ3n) is 1.96. The molecule has 0 saturated heterocycles. The van der Waals surface area contributed by atoms with E-state index in [-0.39, 0.29) is 0 Å². The second-order valence-corrected chi connectivity index (χ2v) is 3.57. The van der Waals surface area contributed by atoms with Crippen molar-refractivity contribution in [2.45, 2.75) is 6.42 Å². The van der Waals surface area contributed by atoms with Crippen molar-refractivity contribution in [1.82, 2.24) is 0 Å². The molecule has 1 aromatic heterocycles. The lowest BCUT2D eigenvalue weighted by atomic mass is 10.2. The van der Waals surface area contributed by atoms with Crippen molar-refractivity contribution >= 4 is 22.6 Å². The van der Waals surface area contributed by atoms with E-state index in [4.69, 9.17) is 21.8 Å². The van der Waals surface area contributed by atoms with Crippen LogP contribution in [0.2, 0.25) is 5.02 Å². The maximum absolute atomic E-state index is 5.86. The molecule has 76 valence electrons. The van der Waals surface area contributed by atoms with E-state index in [1.807, 2.05) is 18.2 Å². The first-order chi connectivity index (χ1) is 7.29. The van der Waals surface area contributed by atoms with E-state index in [1.165, 1.54) is 0 Å². The van der Waals surface area contributed by atoms with Gasteiger partial charge in [0, 0.05) is 29.4 Å². The first-order valence-corrected chi connectivity index (χ1v) is 5.05. The van der Waals surface area contributed by atoms with Crippen LogP contribution >= 0.6 is 11.6 Å². The molecule has 0 aliphatic heterocycles. The Kier molecular flexibility index (Phi) is 2.96. The number of nitrogens with two attached hydrogens (primary N) is 1. The zero-order chi connectivity index (χ0) is 10.7. The zero-order valence-corrected chi connectivity index (χ0v) is 8.84. The largest absolute Gasteiger partial charge is 0.448 e. The average Bonchev–Trinajstić information content (AvgIpc) is 2.60. The Bertz CT molecular complexity index is 533. The summed E-state index contributed by atoms with van der Waals surface area (Å²) in [7, 11) is 0. The topological polar surface area (TPSA) is 39.2 Å². The molecule has 0 fully saturated rings. The second-order valence-electron chi connectivity index (χ2n) is 3.13. The van der Waals surface area contributed by atoms with Crippen molar-refractivity contribution in [2.24, 2.45) is 5.73 Å². The van der Waals surface area contributed by atoms with Crippen LogP contribution in [-0.2, 0) is 0 Å². The van der Waals surface area contributed by atoms with Gasteiger partial charge in [0.25, 0.3) is 0 Å². The molecule has 1 aromatic carbocycles. The van der Waals surface area contributed by atoms with Gasteiger partial charge in [-0.15, -0.1) is 0 Å². The number of hydrogen-bond acceptors (Lipinski definition) is 2. The van der Waals surface area contributed by atoms with E-state index in [9.17, 15) is 0 Å². The highest BCUT2D eigenvalue weighted by Gasteiger charge is 2.01. The van der Waals surface area contributed by atoms with Gasteiger partial charge in [0.1, 0.15) is 5.58 Å². The van der Waals surface area contributed by atoms with E-state index in [2.05, 4.69) is 11.8 Å². The predicted molar refractivity (Wildman–Crippen MR) is 61.8 cm³/mol. The van der Waals surface area contributed by atoms with Crippen molar-refractivity contribution in [2.75, 3.05) is 6.54 Å². The van der Waals surface area contributed by atoms with Crippen molar-refractivity contribution in [3.63, 3.8) is 0 Å². The average molecular weight is 220 g/mol. The Morgan fingerprint density at radius 3 is 3.00 bits per heavy atom. The fraction of sp³-hybridized carbons (Fsp3) is 0.167. The molecule has 3 heteroatoms. The quantitative estimate of drug-likeness (QED) is 0.750. The zero-order valence-electron chi connectivity index (χ0n) is 8.09. The van der Waals surface area contributed by atoms with Crippen molar-refractivity contribution in [1.29, 1.82) is 0 Å². The standard InChI is InChI=1S/C12H10ClNO/c13-10-4-5-12-9(7-10)8-11(15-12)3-1-2-6-14/h4-5,7-8H,2,6,14H2. The Labute approximate surface area is 93.0 Å². The number of rotatable bonds is 1. The fourth-order valence-corrected chi connectivity index (χ4v) is 1.48. The first kappa shape index (κ1) is 10.1. The maximum Gasteiger partial charge on any atom is 0.178 e. The predicted octanol–water partition coefficient (Wildman–Crippen LogP) is 2.79. The SMILES string of the molecule is NCCC#Cc1cc2cc(Cl)ccc2o1. The van der Waals surface area contributed by atoms with Crippen molar-refractivity contribution in [3.8, 4) is 11.8 Å². The number of halogens is 1. The Hall–Kier alpha value is -1.43. The summed E-state index contributed by atoms with van der Waals surface area (Å²) in [6.07, 6.45) is 0.678. The number of furan rings is 1. The Morgan fingerprint density at radius 1 is 1.33 bits per heavy atom. The van der Waals surface area contributed by atoms with Crippen LogP contribution in [0.3, 0.4) is 0 Å². The second kappa shape index (κ2) is 4.39. The molecule has 0 aliphatic rings. The first-order valence-electron chi connectivity index (χ1n) is 4.67. The molecule has 0 bridgehead atoms. The van der Waals surface area contributed by atoms with Gasteiger partial charge in [-0.3, -0.25) is 0 Å². The van der Waals surface area contributed by atoms with E-state index >= 15 is 0 Å². The van der Waals surface area contributed by atoms with E-state index in [1.54, 1.807) is 6.07 Å².